The van der Waals surface area contributed by atoms with E-state index in [-0.39, 0.29) is 6.04 Å². The molecule has 0 bridgehead atoms. The molecule has 0 saturated carbocycles. The van der Waals surface area contributed by atoms with Gasteiger partial charge in [0.25, 0.3) is 0 Å². The molecule has 21 heavy (non-hydrogen) atoms. The summed E-state index contributed by atoms with van der Waals surface area (Å²) in [4.78, 5) is 0. The van der Waals surface area contributed by atoms with E-state index in [2.05, 4.69) is 48.6 Å². The maximum atomic E-state index is 6.41. The van der Waals surface area contributed by atoms with Crippen LogP contribution < -0.4 is 11.3 Å². The highest BCUT2D eigenvalue weighted by molar-refractivity contribution is 6.31. The fourth-order valence-corrected chi connectivity index (χ4v) is 2.94. The SMILES string of the molecule is CCc1nn(C)c(CC(Cc2ccccc2C)NN)c1Cl. The van der Waals surface area contributed by atoms with E-state index >= 15 is 0 Å². The minimum atomic E-state index is 0.128. The van der Waals surface area contributed by atoms with Crippen molar-refractivity contribution in [2.45, 2.75) is 39.2 Å². The van der Waals surface area contributed by atoms with E-state index < -0.39 is 0 Å². The smallest absolute Gasteiger partial charge is 0.0850 e. The molecule has 2 aromatic rings. The zero-order chi connectivity index (χ0) is 15.4. The molecular formula is C16H23ClN4. The van der Waals surface area contributed by atoms with E-state index in [0.717, 1.165) is 35.7 Å². The molecule has 114 valence electrons. The first-order valence-corrected chi connectivity index (χ1v) is 7.65. The van der Waals surface area contributed by atoms with Crippen molar-refractivity contribution in [3.63, 3.8) is 0 Å². The fraction of sp³-hybridized carbons (Fsp3) is 0.438. The molecule has 1 atom stereocenters. The molecule has 1 heterocycles. The Labute approximate surface area is 131 Å². The van der Waals surface area contributed by atoms with Crippen LogP contribution in [0, 0.1) is 6.92 Å². The van der Waals surface area contributed by atoms with Gasteiger partial charge in [0.15, 0.2) is 0 Å². The first-order valence-electron chi connectivity index (χ1n) is 7.27. The summed E-state index contributed by atoms with van der Waals surface area (Å²) >= 11 is 6.41. The summed E-state index contributed by atoms with van der Waals surface area (Å²) in [7, 11) is 1.93. The second-order valence-corrected chi connectivity index (χ2v) is 5.76. The zero-order valence-electron chi connectivity index (χ0n) is 12.9. The summed E-state index contributed by atoms with van der Waals surface area (Å²) in [5.41, 5.74) is 7.47. The van der Waals surface area contributed by atoms with Crippen molar-refractivity contribution in [1.82, 2.24) is 15.2 Å². The minimum Gasteiger partial charge on any atom is -0.271 e. The summed E-state index contributed by atoms with van der Waals surface area (Å²) in [6, 6.07) is 8.50. The zero-order valence-corrected chi connectivity index (χ0v) is 13.6. The van der Waals surface area contributed by atoms with Crippen molar-refractivity contribution in [2.75, 3.05) is 0 Å². The lowest BCUT2D eigenvalue weighted by molar-refractivity contribution is 0.504. The molecule has 0 amide bonds. The van der Waals surface area contributed by atoms with Crippen LogP contribution in [0.4, 0.5) is 0 Å². The Balaban J connectivity index is 2.16. The number of hydrogen-bond acceptors (Lipinski definition) is 3. The van der Waals surface area contributed by atoms with Crippen LogP contribution in [0.1, 0.15) is 29.4 Å². The number of halogens is 1. The van der Waals surface area contributed by atoms with Crippen LogP contribution in [-0.2, 0) is 26.3 Å². The predicted octanol–water partition coefficient (Wildman–Crippen LogP) is 2.56. The Hall–Kier alpha value is -1.36. The maximum Gasteiger partial charge on any atom is 0.0850 e. The number of nitrogens with zero attached hydrogens (tertiary/aromatic N) is 2. The average molecular weight is 307 g/mol. The number of aromatic nitrogens is 2. The van der Waals surface area contributed by atoms with Crippen LogP contribution in [0.25, 0.3) is 0 Å². The van der Waals surface area contributed by atoms with Crippen molar-refractivity contribution in [3.8, 4) is 0 Å². The van der Waals surface area contributed by atoms with Gasteiger partial charge in [-0.3, -0.25) is 16.0 Å². The lowest BCUT2D eigenvalue weighted by Crippen LogP contribution is -2.39. The van der Waals surface area contributed by atoms with Crippen LogP contribution in [0.15, 0.2) is 24.3 Å². The Morgan fingerprint density at radius 2 is 2.05 bits per heavy atom. The number of aryl methyl sites for hydroxylation is 3. The molecule has 2 rings (SSSR count). The van der Waals surface area contributed by atoms with Gasteiger partial charge in [0, 0.05) is 19.5 Å². The third-order valence-corrected chi connectivity index (χ3v) is 4.34. The van der Waals surface area contributed by atoms with Gasteiger partial charge >= 0.3 is 0 Å². The molecule has 1 aromatic carbocycles. The van der Waals surface area contributed by atoms with Gasteiger partial charge in [0.2, 0.25) is 0 Å². The van der Waals surface area contributed by atoms with Gasteiger partial charge in [-0.15, -0.1) is 0 Å². The highest BCUT2D eigenvalue weighted by Crippen LogP contribution is 2.23. The molecule has 1 unspecified atom stereocenters. The summed E-state index contributed by atoms with van der Waals surface area (Å²) in [5.74, 6) is 5.74. The Morgan fingerprint density at radius 1 is 1.33 bits per heavy atom. The summed E-state index contributed by atoms with van der Waals surface area (Å²) in [6.45, 7) is 4.18. The molecule has 5 heteroatoms. The van der Waals surface area contributed by atoms with Crippen LogP contribution in [0.3, 0.4) is 0 Å². The molecule has 1 aromatic heterocycles. The normalized spacial score (nSPS) is 12.6. The molecule has 3 N–H and O–H groups in total. The summed E-state index contributed by atoms with van der Waals surface area (Å²) in [6.07, 6.45) is 2.46. The number of hydrazine groups is 1. The number of hydrogen-bond donors (Lipinski definition) is 2. The highest BCUT2D eigenvalue weighted by Gasteiger charge is 2.18. The lowest BCUT2D eigenvalue weighted by atomic mass is 9.98. The van der Waals surface area contributed by atoms with E-state index in [1.165, 1.54) is 11.1 Å². The van der Waals surface area contributed by atoms with E-state index in [1.807, 2.05) is 11.7 Å². The van der Waals surface area contributed by atoms with Gasteiger partial charge in [-0.25, -0.2) is 0 Å². The number of rotatable bonds is 6. The average Bonchev–Trinajstić information content (AvgIpc) is 2.75. The maximum absolute atomic E-state index is 6.41. The highest BCUT2D eigenvalue weighted by atomic mass is 35.5. The largest absolute Gasteiger partial charge is 0.271 e. The van der Waals surface area contributed by atoms with Crippen molar-refractivity contribution in [3.05, 3.63) is 51.8 Å². The van der Waals surface area contributed by atoms with Crippen molar-refractivity contribution in [2.24, 2.45) is 12.9 Å². The Kier molecular flexibility index (Phi) is 5.39. The first kappa shape index (κ1) is 16.0. The van der Waals surface area contributed by atoms with E-state index in [1.54, 1.807) is 0 Å². The molecular weight excluding hydrogens is 284 g/mol. The summed E-state index contributed by atoms with van der Waals surface area (Å²) in [5, 5.41) is 5.23. The van der Waals surface area contributed by atoms with Gasteiger partial charge in [-0.05, 0) is 30.9 Å². The van der Waals surface area contributed by atoms with Gasteiger partial charge in [-0.1, -0.05) is 42.8 Å². The summed E-state index contributed by atoms with van der Waals surface area (Å²) < 4.78 is 1.86. The van der Waals surface area contributed by atoms with Crippen molar-refractivity contribution < 1.29 is 0 Å². The van der Waals surface area contributed by atoms with Crippen LogP contribution in [-0.4, -0.2) is 15.8 Å². The number of nitrogens with two attached hydrogens (primary N) is 1. The Bertz CT molecular complexity index is 606. The third-order valence-electron chi connectivity index (χ3n) is 3.91. The molecule has 0 saturated heterocycles. The van der Waals surface area contributed by atoms with E-state index in [4.69, 9.17) is 17.4 Å². The standard InChI is InChI=1S/C16H23ClN4/c1-4-14-16(17)15(21(3)20-14)10-13(19-18)9-12-8-6-5-7-11(12)2/h5-8,13,19H,4,9-10,18H2,1-3H3. The quantitative estimate of drug-likeness (QED) is 0.637. The molecule has 0 aliphatic carbocycles. The molecule has 0 radical (unpaired) electrons. The number of nitrogens with one attached hydrogen (secondary N) is 1. The van der Waals surface area contributed by atoms with Crippen molar-refractivity contribution in [1.29, 1.82) is 0 Å². The van der Waals surface area contributed by atoms with E-state index in [9.17, 15) is 0 Å². The fourth-order valence-electron chi connectivity index (χ4n) is 2.57. The van der Waals surface area contributed by atoms with Crippen LogP contribution in [0.5, 0.6) is 0 Å². The monoisotopic (exact) mass is 306 g/mol. The lowest BCUT2D eigenvalue weighted by Gasteiger charge is -2.17. The van der Waals surface area contributed by atoms with Gasteiger partial charge in [0.05, 0.1) is 16.4 Å². The van der Waals surface area contributed by atoms with Gasteiger partial charge in [-0.2, -0.15) is 5.10 Å². The van der Waals surface area contributed by atoms with Crippen LogP contribution in [0.2, 0.25) is 5.02 Å². The molecule has 0 aliphatic rings. The van der Waals surface area contributed by atoms with Crippen LogP contribution >= 0.6 is 11.6 Å². The first-order chi connectivity index (χ1) is 10.1. The second kappa shape index (κ2) is 7.07. The topological polar surface area (TPSA) is 55.9 Å². The number of benzene rings is 1. The second-order valence-electron chi connectivity index (χ2n) is 5.38. The molecule has 4 nitrogen and oxygen atoms in total. The predicted molar refractivity (Wildman–Crippen MR) is 87.3 cm³/mol. The third kappa shape index (κ3) is 3.64. The van der Waals surface area contributed by atoms with E-state index in [0.29, 0.717) is 0 Å². The van der Waals surface area contributed by atoms with Gasteiger partial charge < -0.3 is 0 Å². The Morgan fingerprint density at radius 3 is 2.62 bits per heavy atom. The van der Waals surface area contributed by atoms with Gasteiger partial charge in [0.1, 0.15) is 0 Å². The minimum absolute atomic E-state index is 0.128. The molecule has 0 spiro atoms. The molecule has 0 fully saturated rings. The molecule has 0 aliphatic heterocycles. The van der Waals surface area contributed by atoms with Crippen molar-refractivity contribution >= 4 is 11.6 Å².